The fraction of sp³-hybridized carbons (Fsp3) is 0.682. The molecule has 0 bridgehead atoms. The van der Waals surface area contributed by atoms with Gasteiger partial charge in [-0.15, -0.1) is 0 Å². The second kappa shape index (κ2) is 8.43. The van der Waals surface area contributed by atoms with Gasteiger partial charge in [0.25, 0.3) is 5.91 Å². The highest BCUT2D eigenvalue weighted by atomic mass is 16.5. The SMILES string of the molecule is O=C(NC1CCCC1)c1ccc(OCCCN2CC3CCCC3C2)cc1. The van der Waals surface area contributed by atoms with Crippen molar-refractivity contribution in [3.63, 3.8) is 0 Å². The van der Waals surface area contributed by atoms with Gasteiger partial charge < -0.3 is 15.0 Å². The number of hydrogen-bond acceptors (Lipinski definition) is 3. The first kappa shape index (κ1) is 17.8. The number of rotatable bonds is 7. The number of nitrogens with zero attached hydrogens (tertiary/aromatic N) is 1. The molecule has 0 radical (unpaired) electrons. The molecule has 1 heterocycles. The molecule has 1 amide bonds. The Morgan fingerprint density at radius 2 is 1.69 bits per heavy atom. The second-order valence-corrected chi connectivity index (χ2v) is 8.39. The molecule has 1 N–H and O–H groups in total. The Bertz CT molecular complexity index is 583. The maximum Gasteiger partial charge on any atom is 0.251 e. The lowest BCUT2D eigenvalue weighted by Crippen LogP contribution is -2.32. The Morgan fingerprint density at radius 3 is 2.38 bits per heavy atom. The number of likely N-dealkylation sites (tertiary alicyclic amines) is 1. The molecule has 4 heteroatoms. The number of ether oxygens (including phenoxy) is 1. The molecule has 1 saturated heterocycles. The summed E-state index contributed by atoms with van der Waals surface area (Å²) in [6.07, 6.45) is 10.1. The summed E-state index contributed by atoms with van der Waals surface area (Å²) in [4.78, 5) is 14.9. The Balaban J connectivity index is 1.15. The average molecular weight is 357 g/mol. The second-order valence-electron chi connectivity index (χ2n) is 8.39. The van der Waals surface area contributed by atoms with Gasteiger partial charge in [0.05, 0.1) is 6.61 Å². The molecule has 142 valence electrons. The van der Waals surface area contributed by atoms with Crippen LogP contribution in [0.25, 0.3) is 0 Å². The van der Waals surface area contributed by atoms with Gasteiger partial charge in [0.2, 0.25) is 0 Å². The number of fused-ring (bicyclic) bond motifs is 1. The van der Waals surface area contributed by atoms with Crippen molar-refractivity contribution in [2.45, 2.75) is 57.4 Å². The summed E-state index contributed by atoms with van der Waals surface area (Å²) >= 11 is 0. The maximum atomic E-state index is 12.2. The van der Waals surface area contributed by atoms with E-state index in [0.717, 1.165) is 55.6 Å². The lowest BCUT2D eigenvalue weighted by Gasteiger charge is -2.16. The van der Waals surface area contributed by atoms with Gasteiger partial charge in [0, 0.05) is 31.2 Å². The molecule has 2 atom stereocenters. The van der Waals surface area contributed by atoms with Gasteiger partial charge >= 0.3 is 0 Å². The van der Waals surface area contributed by atoms with Crippen molar-refractivity contribution in [2.24, 2.45) is 11.8 Å². The van der Waals surface area contributed by atoms with Crippen LogP contribution in [0.4, 0.5) is 0 Å². The molecule has 0 aromatic heterocycles. The normalized spacial score (nSPS) is 26.2. The Hall–Kier alpha value is -1.55. The smallest absolute Gasteiger partial charge is 0.251 e. The van der Waals surface area contributed by atoms with Gasteiger partial charge in [-0.05, 0) is 68.2 Å². The molecule has 3 aliphatic rings. The van der Waals surface area contributed by atoms with Gasteiger partial charge in [0.15, 0.2) is 0 Å². The third-order valence-corrected chi connectivity index (χ3v) is 6.50. The fourth-order valence-corrected chi connectivity index (χ4v) is 5.03. The van der Waals surface area contributed by atoms with Crippen molar-refractivity contribution < 1.29 is 9.53 Å². The predicted molar refractivity (Wildman–Crippen MR) is 104 cm³/mol. The van der Waals surface area contributed by atoms with E-state index in [0.29, 0.717) is 6.04 Å². The van der Waals surface area contributed by atoms with Crippen molar-refractivity contribution in [2.75, 3.05) is 26.2 Å². The molecule has 2 aliphatic carbocycles. The molecule has 0 spiro atoms. The number of benzene rings is 1. The van der Waals surface area contributed by atoms with Crippen molar-refractivity contribution in [3.8, 4) is 5.75 Å². The molecule has 1 aromatic rings. The molecular formula is C22H32N2O2. The van der Waals surface area contributed by atoms with E-state index in [1.54, 1.807) is 0 Å². The van der Waals surface area contributed by atoms with Crippen molar-refractivity contribution >= 4 is 5.91 Å². The molecule has 4 nitrogen and oxygen atoms in total. The summed E-state index contributed by atoms with van der Waals surface area (Å²) in [7, 11) is 0. The minimum atomic E-state index is 0.0445. The first-order valence-electron chi connectivity index (χ1n) is 10.5. The Morgan fingerprint density at radius 1 is 1.00 bits per heavy atom. The first-order chi connectivity index (χ1) is 12.8. The predicted octanol–water partition coefficient (Wildman–Crippen LogP) is 3.86. The molecule has 2 unspecified atom stereocenters. The third kappa shape index (κ3) is 4.40. The molecule has 26 heavy (non-hydrogen) atoms. The third-order valence-electron chi connectivity index (χ3n) is 6.50. The highest BCUT2D eigenvalue weighted by Gasteiger charge is 2.35. The van der Waals surface area contributed by atoms with Crippen LogP contribution < -0.4 is 10.1 Å². The quantitative estimate of drug-likeness (QED) is 0.754. The van der Waals surface area contributed by atoms with Gasteiger partial charge in [-0.1, -0.05) is 19.3 Å². The topological polar surface area (TPSA) is 41.6 Å². The number of hydrogen-bond donors (Lipinski definition) is 1. The zero-order valence-corrected chi connectivity index (χ0v) is 15.8. The van der Waals surface area contributed by atoms with E-state index in [9.17, 15) is 4.79 Å². The van der Waals surface area contributed by atoms with E-state index in [1.165, 1.54) is 45.2 Å². The molecule has 3 fully saturated rings. The van der Waals surface area contributed by atoms with E-state index in [2.05, 4.69) is 10.2 Å². The summed E-state index contributed by atoms with van der Waals surface area (Å²) in [6.45, 7) is 4.50. The zero-order valence-electron chi connectivity index (χ0n) is 15.8. The van der Waals surface area contributed by atoms with Crippen LogP contribution in [0.3, 0.4) is 0 Å². The number of nitrogens with one attached hydrogen (secondary N) is 1. The molecule has 1 aliphatic heterocycles. The van der Waals surface area contributed by atoms with Crippen LogP contribution in [0.5, 0.6) is 5.75 Å². The van der Waals surface area contributed by atoms with Gasteiger partial charge in [-0.2, -0.15) is 0 Å². The van der Waals surface area contributed by atoms with E-state index < -0.39 is 0 Å². The number of carbonyl (C=O) groups excluding carboxylic acids is 1. The van der Waals surface area contributed by atoms with Crippen molar-refractivity contribution in [1.29, 1.82) is 0 Å². The van der Waals surface area contributed by atoms with Crippen LogP contribution >= 0.6 is 0 Å². The van der Waals surface area contributed by atoms with Crippen molar-refractivity contribution in [3.05, 3.63) is 29.8 Å². The molecule has 2 saturated carbocycles. The minimum Gasteiger partial charge on any atom is -0.494 e. The van der Waals surface area contributed by atoms with Gasteiger partial charge in [-0.25, -0.2) is 0 Å². The van der Waals surface area contributed by atoms with E-state index in [1.807, 2.05) is 24.3 Å². The van der Waals surface area contributed by atoms with Gasteiger partial charge in [-0.3, -0.25) is 4.79 Å². The standard InChI is InChI=1S/C22H32N2O2/c25-22(23-20-7-1-2-8-20)17-9-11-21(12-10-17)26-14-4-13-24-15-18-5-3-6-19(18)16-24/h9-12,18-20H,1-8,13-16H2,(H,23,25). The Labute approximate surface area is 157 Å². The maximum absolute atomic E-state index is 12.2. The first-order valence-corrected chi connectivity index (χ1v) is 10.5. The summed E-state index contributed by atoms with van der Waals surface area (Å²) < 4.78 is 5.87. The van der Waals surface area contributed by atoms with E-state index in [-0.39, 0.29) is 5.91 Å². The van der Waals surface area contributed by atoms with Crippen LogP contribution in [0.1, 0.15) is 61.7 Å². The Kier molecular flexibility index (Phi) is 5.78. The summed E-state index contributed by atoms with van der Waals surface area (Å²) in [5.74, 6) is 2.85. The summed E-state index contributed by atoms with van der Waals surface area (Å²) in [6, 6.07) is 7.96. The molecule has 1 aromatic carbocycles. The largest absolute Gasteiger partial charge is 0.494 e. The number of amides is 1. The average Bonchev–Trinajstić information content (AvgIpc) is 3.37. The van der Waals surface area contributed by atoms with Gasteiger partial charge in [0.1, 0.15) is 5.75 Å². The lowest BCUT2D eigenvalue weighted by atomic mass is 10.0. The molecular weight excluding hydrogens is 324 g/mol. The minimum absolute atomic E-state index is 0.0445. The van der Waals surface area contributed by atoms with Crippen molar-refractivity contribution in [1.82, 2.24) is 10.2 Å². The summed E-state index contributed by atoms with van der Waals surface area (Å²) in [5.41, 5.74) is 0.729. The molecule has 4 rings (SSSR count). The van der Waals surface area contributed by atoms with Crippen LogP contribution in [-0.2, 0) is 0 Å². The highest BCUT2D eigenvalue weighted by Crippen LogP contribution is 2.37. The fourth-order valence-electron chi connectivity index (χ4n) is 5.03. The van der Waals surface area contributed by atoms with Crippen LogP contribution in [0, 0.1) is 11.8 Å². The van der Waals surface area contributed by atoms with Crippen LogP contribution in [0.2, 0.25) is 0 Å². The monoisotopic (exact) mass is 356 g/mol. The highest BCUT2D eigenvalue weighted by molar-refractivity contribution is 5.94. The van der Waals surface area contributed by atoms with E-state index in [4.69, 9.17) is 4.74 Å². The number of carbonyl (C=O) groups is 1. The van der Waals surface area contributed by atoms with Crippen LogP contribution in [0.15, 0.2) is 24.3 Å². The zero-order chi connectivity index (χ0) is 17.8. The van der Waals surface area contributed by atoms with E-state index >= 15 is 0 Å². The van der Waals surface area contributed by atoms with Crippen LogP contribution in [-0.4, -0.2) is 43.1 Å². The summed E-state index contributed by atoms with van der Waals surface area (Å²) in [5, 5.41) is 3.13. The lowest BCUT2D eigenvalue weighted by molar-refractivity contribution is 0.0938.